The Labute approximate surface area is 153 Å². The second-order valence-corrected chi connectivity index (χ2v) is 12.6. The van der Waals surface area contributed by atoms with Gasteiger partial charge in [0.15, 0.2) is 0 Å². The van der Waals surface area contributed by atoms with Gasteiger partial charge in [-0.25, -0.2) is 0 Å². The maximum absolute atomic E-state index is 6.93. The van der Waals surface area contributed by atoms with Crippen molar-refractivity contribution in [1.29, 1.82) is 0 Å². The molecule has 0 amide bonds. The maximum Gasteiger partial charge on any atom is 0.261 e. The van der Waals surface area contributed by atoms with Gasteiger partial charge in [-0.1, -0.05) is 81.4 Å². The third-order valence-corrected chi connectivity index (χ3v) is 10.7. The molecule has 2 aromatic rings. The molecule has 2 aromatic carbocycles. The molecular formula is C21H28OSSi. The van der Waals surface area contributed by atoms with Gasteiger partial charge in [-0.15, -0.1) is 0 Å². The normalized spacial score (nSPS) is 20.8. The first kappa shape index (κ1) is 17.8. The number of hydrogen-bond donors (Lipinski definition) is 1. The number of thiol groups is 1. The van der Waals surface area contributed by atoms with E-state index < -0.39 is 8.32 Å². The van der Waals surface area contributed by atoms with Crippen LogP contribution >= 0.6 is 12.6 Å². The van der Waals surface area contributed by atoms with Crippen molar-refractivity contribution in [2.75, 3.05) is 12.4 Å². The summed E-state index contributed by atoms with van der Waals surface area (Å²) < 4.78 is 6.93. The average Bonchev–Trinajstić information content (AvgIpc) is 3.35. The van der Waals surface area contributed by atoms with Crippen molar-refractivity contribution in [3.63, 3.8) is 0 Å². The molecule has 0 radical (unpaired) electrons. The fourth-order valence-electron chi connectivity index (χ4n) is 3.73. The molecule has 24 heavy (non-hydrogen) atoms. The lowest BCUT2D eigenvalue weighted by Gasteiger charge is -2.43. The monoisotopic (exact) mass is 356 g/mol. The van der Waals surface area contributed by atoms with E-state index >= 15 is 0 Å². The Bertz CT molecular complexity index is 611. The minimum absolute atomic E-state index is 0.0705. The van der Waals surface area contributed by atoms with E-state index in [9.17, 15) is 0 Å². The predicted molar refractivity (Wildman–Crippen MR) is 109 cm³/mol. The van der Waals surface area contributed by atoms with Crippen LogP contribution in [0.5, 0.6) is 0 Å². The van der Waals surface area contributed by atoms with Gasteiger partial charge in [-0.2, -0.15) is 12.6 Å². The van der Waals surface area contributed by atoms with E-state index in [4.69, 9.17) is 4.43 Å². The highest BCUT2D eigenvalue weighted by atomic mass is 32.1. The molecule has 0 N–H and O–H groups in total. The molecule has 1 fully saturated rings. The molecular weight excluding hydrogens is 328 g/mol. The van der Waals surface area contributed by atoms with Crippen LogP contribution < -0.4 is 10.4 Å². The molecule has 0 aliphatic heterocycles. The van der Waals surface area contributed by atoms with Crippen LogP contribution in [0, 0.1) is 11.8 Å². The average molecular weight is 357 g/mol. The molecule has 3 rings (SSSR count). The van der Waals surface area contributed by atoms with Crippen LogP contribution in [0.25, 0.3) is 0 Å². The van der Waals surface area contributed by atoms with Crippen molar-refractivity contribution in [2.45, 2.75) is 32.2 Å². The first-order valence-electron chi connectivity index (χ1n) is 8.85. The predicted octanol–water partition coefficient (Wildman–Crippen LogP) is 4.13. The molecule has 128 valence electrons. The Morgan fingerprint density at radius 3 is 1.79 bits per heavy atom. The summed E-state index contributed by atoms with van der Waals surface area (Å²) in [5.74, 6) is 2.41. The lowest BCUT2D eigenvalue weighted by Crippen LogP contribution is -2.66. The molecule has 0 spiro atoms. The van der Waals surface area contributed by atoms with Gasteiger partial charge in [0.1, 0.15) is 0 Å². The lowest BCUT2D eigenvalue weighted by molar-refractivity contribution is 0.276. The zero-order valence-electron chi connectivity index (χ0n) is 14.9. The van der Waals surface area contributed by atoms with Gasteiger partial charge < -0.3 is 4.43 Å². The van der Waals surface area contributed by atoms with Gasteiger partial charge in [0.2, 0.25) is 0 Å². The molecule has 0 aromatic heterocycles. The minimum Gasteiger partial charge on any atom is -0.407 e. The summed E-state index contributed by atoms with van der Waals surface area (Å²) in [6.07, 6.45) is 1.27. The summed E-state index contributed by atoms with van der Waals surface area (Å²) in [6.45, 7) is 7.87. The SMILES string of the molecule is CC(C)(C)[Si](OC[C@@H]1C[C@H]1CS)(c1ccccc1)c1ccccc1. The maximum atomic E-state index is 6.93. The van der Waals surface area contributed by atoms with E-state index in [-0.39, 0.29) is 5.04 Å². The Kier molecular flexibility index (Phi) is 5.23. The summed E-state index contributed by atoms with van der Waals surface area (Å²) in [5, 5.41) is 2.81. The summed E-state index contributed by atoms with van der Waals surface area (Å²) in [4.78, 5) is 0. The fourth-order valence-corrected chi connectivity index (χ4v) is 8.80. The minimum atomic E-state index is -2.34. The number of benzene rings is 2. The summed E-state index contributed by atoms with van der Waals surface area (Å²) in [6, 6.07) is 21.8. The van der Waals surface area contributed by atoms with Crippen molar-refractivity contribution in [3.05, 3.63) is 60.7 Å². The molecule has 1 aliphatic carbocycles. The van der Waals surface area contributed by atoms with E-state index in [1.165, 1.54) is 16.8 Å². The quantitative estimate of drug-likeness (QED) is 0.605. The van der Waals surface area contributed by atoms with E-state index in [1.807, 2.05) is 0 Å². The smallest absolute Gasteiger partial charge is 0.261 e. The van der Waals surface area contributed by atoms with Gasteiger partial charge >= 0.3 is 0 Å². The highest BCUT2D eigenvalue weighted by molar-refractivity contribution is 7.80. The molecule has 1 saturated carbocycles. The zero-order valence-corrected chi connectivity index (χ0v) is 16.8. The second kappa shape index (κ2) is 7.07. The molecule has 3 heteroatoms. The number of rotatable bonds is 6. The summed E-state index contributed by atoms with van der Waals surface area (Å²) in [5.41, 5.74) is 0. The van der Waals surface area contributed by atoms with E-state index in [0.29, 0.717) is 5.92 Å². The van der Waals surface area contributed by atoms with E-state index in [2.05, 4.69) is 94.1 Å². The van der Waals surface area contributed by atoms with Gasteiger partial charge in [0.05, 0.1) is 0 Å². The Morgan fingerprint density at radius 2 is 1.42 bits per heavy atom. The molecule has 0 saturated heterocycles. The fraction of sp³-hybridized carbons (Fsp3) is 0.429. The van der Waals surface area contributed by atoms with Crippen LogP contribution in [0.2, 0.25) is 5.04 Å². The van der Waals surface area contributed by atoms with Crippen molar-refractivity contribution >= 4 is 31.3 Å². The molecule has 0 bridgehead atoms. The van der Waals surface area contributed by atoms with Gasteiger partial charge in [0, 0.05) is 6.61 Å². The van der Waals surface area contributed by atoms with E-state index in [0.717, 1.165) is 18.3 Å². The van der Waals surface area contributed by atoms with Gasteiger partial charge in [-0.3, -0.25) is 0 Å². The lowest BCUT2D eigenvalue weighted by atomic mass is 10.2. The van der Waals surface area contributed by atoms with Crippen LogP contribution in [0.1, 0.15) is 27.2 Å². The van der Waals surface area contributed by atoms with Crippen LogP contribution in [0.4, 0.5) is 0 Å². The van der Waals surface area contributed by atoms with Crippen LogP contribution in [-0.4, -0.2) is 20.7 Å². The van der Waals surface area contributed by atoms with Crippen LogP contribution in [0.3, 0.4) is 0 Å². The summed E-state index contributed by atoms with van der Waals surface area (Å²) in [7, 11) is -2.34. The van der Waals surface area contributed by atoms with Crippen molar-refractivity contribution in [3.8, 4) is 0 Å². The van der Waals surface area contributed by atoms with Gasteiger partial charge in [-0.05, 0) is 39.4 Å². The number of hydrogen-bond acceptors (Lipinski definition) is 2. The van der Waals surface area contributed by atoms with Crippen molar-refractivity contribution < 1.29 is 4.43 Å². The van der Waals surface area contributed by atoms with Crippen molar-refractivity contribution in [1.82, 2.24) is 0 Å². The molecule has 0 heterocycles. The van der Waals surface area contributed by atoms with Crippen molar-refractivity contribution in [2.24, 2.45) is 11.8 Å². The second-order valence-electron chi connectivity index (χ2n) is 7.91. The molecule has 0 unspecified atom stereocenters. The zero-order chi connectivity index (χ0) is 17.2. The topological polar surface area (TPSA) is 9.23 Å². The van der Waals surface area contributed by atoms with Gasteiger partial charge in [0.25, 0.3) is 8.32 Å². The standard InChI is InChI=1S/C21H28OSSi/c1-21(2,3)24(19-10-6-4-7-11-19,20-12-8-5-9-13-20)22-15-17-14-18(17)16-23/h4-13,17-18,23H,14-16H2,1-3H3/t17-,18-/m0/s1. The highest BCUT2D eigenvalue weighted by Gasteiger charge is 2.51. The third-order valence-electron chi connectivity index (χ3n) is 5.23. The third kappa shape index (κ3) is 3.35. The first-order valence-corrected chi connectivity index (χ1v) is 11.4. The Hall–Kier alpha value is -1.03. The summed E-state index contributed by atoms with van der Waals surface area (Å²) >= 11 is 4.46. The Morgan fingerprint density at radius 1 is 0.917 bits per heavy atom. The molecule has 2 atom stereocenters. The largest absolute Gasteiger partial charge is 0.407 e. The van der Waals surface area contributed by atoms with E-state index in [1.54, 1.807) is 0 Å². The molecule has 1 nitrogen and oxygen atoms in total. The molecule has 1 aliphatic rings. The first-order chi connectivity index (χ1) is 11.5. The van der Waals surface area contributed by atoms with Crippen LogP contribution in [0.15, 0.2) is 60.7 Å². The highest BCUT2D eigenvalue weighted by Crippen LogP contribution is 2.42. The Balaban J connectivity index is 2.04. The van der Waals surface area contributed by atoms with Crippen LogP contribution in [-0.2, 0) is 4.43 Å².